The van der Waals surface area contributed by atoms with Crippen LogP contribution in [0.5, 0.6) is 0 Å². The largest absolute Gasteiger partial charge is 0.453 e. The predicted octanol–water partition coefficient (Wildman–Crippen LogP) is 8.43. The van der Waals surface area contributed by atoms with Gasteiger partial charge in [-0.2, -0.15) is 0 Å². The van der Waals surface area contributed by atoms with Crippen LogP contribution in [0, 0.1) is 5.92 Å². The topological polar surface area (TPSA) is 166 Å². The van der Waals surface area contributed by atoms with Crippen molar-refractivity contribution in [3.05, 3.63) is 121 Å². The number of aromatic amines is 2. The van der Waals surface area contributed by atoms with Crippen LogP contribution in [0.25, 0.3) is 44.4 Å². The molecule has 2 aliphatic rings. The summed E-state index contributed by atoms with van der Waals surface area (Å²) in [6.07, 6.45) is 4.53. The molecule has 3 N–H and O–H groups in total. The minimum atomic E-state index is -1.06. The van der Waals surface area contributed by atoms with Crippen LogP contribution >= 0.6 is 0 Å². The monoisotopic (exact) mass is 836 g/mol. The number of methoxy groups -OCH3 is 1. The zero-order valence-electron chi connectivity index (χ0n) is 35.6. The molecule has 14 heteroatoms. The maximum atomic E-state index is 14.0. The summed E-state index contributed by atoms with van der Waals surface area (Å²) in [5.41, 5.74) is 6.45. The summed E-state index contributed by atoms with van der Waals surface area (Å²) in [7, 11) is 4.48. The first-order chi connectivity index (χ1) is 30.0. The van der Waals surface area contributed by atoms with E-state index in [2.05, 4.69) is 75.9 Å². The van der Waals surface area contributed by atoms with Gasteiger partial charge in [-0.3, -0.25) is 9.59 Å². The number of ether oxygens (including phenoxy) is 2. The number of aromatic nitrogens is 4. The Bertz CT molecular complexity index is 2570. The predicted molar refractivity (Wildman–Crippen MR) is 235 cm³/mol. The number of benzene rings is 4. The number of H-pyrrole nitrogens is 2. The molecule has 4 aromatic carbocycles. The van der Waals surface area contributed by atoms with Crippen molar-refractivity contribution in [3.63, 3.8) is 0 Å². The highest BCUT2D eigenvalue weighted by Gasteiger charge is 2.39. The lowest BCUT2D eigenvalue weighted by Crippen LogP contribution is -2.51. The van der Waals surface area contributed by atoms with Gasteiger partial charge in [0, 0.05) is 38.3 Å². The molecule has 4 atom stereocenters. The van der Waals surface area contributed by atoms with E-state index in [9.17, 15) is 19.2 Å². The van der Waals surface area contributed by atoms with Gasteiger partial charge in [-0.15, -0.1) is 0 Å². The van der Waals surface area contributed by atoms with Gasteiger partial charge >= 0.3 is 12.2 Å². The number of carbonyl (C=O) groups excluding carboxylic acids is 4. The van der Waals surface area contributed by atoms with Crippen molar-refractivity contribution in [1.82, 2.24) is 40.0 Å². The molecule has 0 saturated carbocycles. The summed E-state index contributed by atoms with van der Waals surface area (Å²) < 4.78 is 10.5. The number of carbonyl (C=O) groups is 4. The van der Waals surface area contributed by atoms with E-state index in [-0.39, 0.29) is 29.8 Å². The first-order valence-electron chi connectivity index (χ1n) is 21.1. The molecule has 14 nitrogen and oxygen atoms in total. The van der Waals surface area contributed by atoms with Gasteiger partial charge in [0.2, 0.25) is 12.0 Å². The maximum Gasteiger partial charge on any atom is 0.410 e. The Morgan fingerprint density at radius 2 is 1.24 bits per heavy atom. The third-order valence-electron chi connectivity index (χ3n) is 11.9. The fourth-order valence-corrected chi connectivity index (χ4v) is 8.49. The minimum Gasteiger partial charge on any atom is -0.453 e. The SMILES string of the molecule is COC(=O)NC(C(=O)N1CCC[C@H]1c1ncc(-c2ccc3cc(-c4ccc(-c5cnc([C@@H]6CCCN6C(=O)[C@H](OC(=O)N(C)C)c6ccccc6)[nH]5)cc4)ccc3c2)[nH]1)C(C)C. The maximum absolute atomic E-state index is 14.0. The fraction of sp³-hybridized carbons (Fsp3) is 0.333. The van der Waals surface area contributed by atoms with E-state index in [4.69, 9.17) is 19.4 Å². The molecule has 0 spiro atoms. The second kappa shape index (κ2) is 17.9. The number of imidazole rings is 2. The van der Waals surface area contributed by atoms with Crippen LogP contribution in [0.2, 0.25) is 0 Å². The number of rotatable bonds is 11. The van der Waals surface area contributed by atoms with Crippen LogP contribution in [0.15, 0.2) is 103 Å². The molecule has 4 amide bonds. The van der Waals surface area contributed by atoms with E-state index in [1.54, 1.807) is 37.3 Å². The van der Waals surface area contributed by atoms with E-state index < -0.39 is 24.3 Å². The molecule has 0 aliphatic carbocycles. The molecular weight excluding hydrogens is 785 g/mol. The highest BCUT2D eigenvalue weighted by Crippen LogP contribution is 2.37. The number of hydrogen-bond donors (Lipinski definition) is 3. The van der Waals surface area contributed by atoms with E-state index in [1.807, 2.05) is 43.1 Å². The van der Waals surface area contributed by atoms with Crippen molar-refractivity contribution < 1.29 is 28.7 Å². The lowest BCUT2D eigenvalue weighted by Gasteiger charge is -2.30. The van der Waals surface area contributed by atoms with Crippen molar-refractivity contribution in [2.45, 2.75) is 63.8 Å². The van der Waals surface area contributed by atoms with Crippen molar-refractivity contribution >= 4 is 34.8 Å². The third kappa shape index (κ3) is 8.63. The molecule has 2 fully saturated rings. The van der Waals surface area contributed by atoms with E-state index >= 15 is 0 Å². The van der Waals surface area contributed by atoms with Gasteiger partial charge < -0.3 is 39.5 Å². The highest BCUT2D eigenvalue weighted by molar-refractivity contribution is 5.91. The first kappa shape index (κ1) is 41.8. The standard InChI is InChI=1S/C48H52N8O6/c1-29(2)41(53-47(59)61-5)45(57)55-23-9-13-39(55)43-50-28-38(52-43)36-22-21-34-25-33(19-20-35(34)26-36)30-15-17-31(18-16-30)37-27-49-44(51-37)40-14-10-24-56(40)46(58)42(62-48(60)54(3)4)32-11-7-6-8-12-32/h6-8,11-12,15-22,25-29,39-42H,9-10,13-14,23-24H2,1-5H3,(H,49,51)(H,50,52)(H,53,59)/t39-,40-,41?,42+/m0/s1. The third-order valence-corrected chi connectivity index (χ3v) is 11.9. The van der Waals surface area contributed by atoms with Gasteiger partial charge in [0.15, 0.2) is 0 Å². The van der Waals surface area contributed by atoms with E-state index in [1.165, 1.54) is 12.0 Å². The fourth-order valence-electron chi connectivity index (χ4n) is 8.49. The molecule has 2 aromatic heterocycles. The van der Waals surface area contributed by atoms with Crippen LogP contribution in [-0.2, 0) is 19.1 Å². The summed E-state index contributed by atoms with van der Waals surface area (Å²) in [6, 6.07) is 29.0. The number of nitrogens with zero attached hydrogens (tertiary/aromatic N) is 5. The van der Waals surface area contributed by atoms with Crippen molar-refractivity contribution in [2.75, 3.05) is 34.3 Å². The molecule has 8 rings (SSSR count). The molecule has 2 aliphatic heterocycles. The number of alkyl carbamates (subject to hydrolysis) is 1. The molecular formula is C48H52N8O6. The second-order valence-electron chi connectivity index (χ2n) is 16.5. The van der Waals surface area contributed by atoms with Crippen LogP contribution in [0.3, 0.4) is 0 Å². The zero-order valence-corrected chi connectivity index (χ0v) is 35.6. The Labute approximate surface area is 360 Å². The Hall–Kier alpha value is -6.96. The average Bonchev–Trinajstić information content (AvgIpc) is 4.14. The average molecular weight is 837 g/mol. The van der Waals surface area contributed by atoms with E-state index in [0.29, 0.717) is 24.5 Å². The quantitative estimate of drug-likeness (QED) is 0.117. The van der Waals surface area contributed by atoms with Gasteiger partial charge in [-0.05, 0) is 71.2 Å². The summed E-state index contributed by atoms with van der Waals surface area (Å²) >= 11 is 0. The molecule has 2 saturated heterocycles. The Morgan fingerprint density at radius 1 is 0.710 bits per heavy atom. The summed E-state index contributed by atoms with van der Waals surface area (Å²) in [5, 5.41) is 4.89. The van der Waals surface area contributed by atoms with Crippen molar-refractivity contribution in [3.8, 4) is 33.6 Å². The zero-order chi connectivity index (χ0) is 43.5. The smallest absolute Gasteiger partial charge is 0.410 e. The summed E-state index contributed by atoms with van der Waals surface area (Å²) in [6.45, 7) is 4.94. The van der Waals surface area contributed by atoms with Gasteiger partial charge in [-0.25, -0.2) is 19.6 Å². The number of amides is 4. The Kier molecular flexibility index (Phi) is 12.1. The van der Waals surface area contributed by atoms with E-state index in [0.717, 1.165) is 75.9 Å². The lowest BCUT2D eigenvalue weighted by atomic mass is 9.98. The second-order valence-corrected chi connectivity index (χ2v) is 16.5. The van der Waals surface area contributed by atoms with Crippen LogP contribution in [0.4, 0.5) is 9.59 Å². The molecule has 0 bridgehead atoms. The molecule has 4 heterocycles. The first-order valence-corrected chi connectivity index (χ1v) is 21.1. The molecule has 62 heavy (non-hydrogen) atoms. The number of likely N-dealkylation sites (tertiary alicyclic amines) is 2. The highest BCUT2D eigenvalue weighted by atomic mass is 16.6. The normalized spacial score (nSPS) is 17.3. The lowest BCUT2D eigenvalue weighted by molar-refractivity contribution is -0.142. The van der Waals surface area contributed by atoms with Crippen LogP contribution in [-0.4, -0.2) is 99.0 Å². The Balaban J connectivity index is 0.942. The van der Waals surface area contributed by atoms with Gasteiger partial charge in [0.05, 0.1) is 43.0 Å². The van der Waals surface area contributed by atoms with Gasteiger partial charge in [0.25, 0.3) is 5.91 Å². The number of nitrogens with one attached hydrogen (secondary N) is 3. The summed E-state index contributed by atoms with van der Waals surface area (Å²) in [5.74, 6) is 0.903. The molecule has 1 unspecified atom stereocenters. The van der Waals surface area contributed by atoms with Gasteiger partial charge in [0.1, 0.15) is 17.7 Å². The van der Waals surface area contributed by atoms with Crippen molar-refractivity contribution in [1.29, 1.82) is 0 Å². The van der Waals surface area contributed by atoms with Crippen LogP contribution < -0.4 is 5.32 Å². The minimum absolute atomic E-state index is 0.108. The van der Waals surface area contributed by atoms with Crippen molar-refractivity contribution in [2.24, 2.45) is 5.92 Å². The molecule has 0 radical (unpaired) electrons. The molecule has 320 valence electrons. The Morgan fingerprint density at radius 3 is 1.82 bits per heavy atom. The number of fused-ring (bicyclic) bond motifs is 1. The summed E-state index contributed by atoms with van der Waals surface area (Å²) in [4.78, 5) is 73.5. The number of hydrogen-bond acceptors (Lipinski definition) is 8. The van der Waals surface area contributed by atoms with Gasteiger partial charge in [-0.1, -0.05) is 92.7 Å². The molecule has 6 aromatic rings. The van der Waals surface area contributed by atoms with Crippen LogP contribution in [0.1, 0.15) is 74.9 Å².